The number of nitrogens with one attached hydrogen (secondary N) is 2. The lowest BCUT2D eigenvalue weighted by molar-refractivity contribution is -0.125. The van der Waals surface area contributed by atoms with E-state index in [9.17, 15) is 9.59 Å². The van der Waals surface area contributed by atoms with E-state index in [1.54, 1.807) is 12.1 Å². The molecule has 5 heteroatoms. The molecule has 1 aliphatic heterocycles. The maximum absolute atomic E-state index is 11.8. The van der Waals surface area contributed by atoms with Crippen molar-refractivity contribution in [3.05, 3.63) is 34.9 Å². The van der Waals surface area contributed by atoms with E-state index in [1.165, 1.54) is 0 Å². The van der Waals surface area contributed by atoms with Gasteiger partial charge >= 0.3 is 0 Å². The second-order valence-corrected chi connectivity index (χ2v) is 4.85. The summed E-state index contributed by atoms with van der Waals surface area (Å²) in [6, 6.07) is 7.29. The Labute approximate surface area is 111 Å². The van der Waals surface area contributed by atoms with Crippen LogP contribution >= 0.6 is 11.6 Å². The number of carbonyl (C=O) groups is 2. The predicted octanol–water partition coefficient (Wildman–Crippen LogP) is 1.28. The van der Waals surface area contributed by atoms with Gasteiger partial charge < -0.3 is 10.6 Å². The van der Waals surface area contributed by atoms with Gasteiger partial charge in [-0.05, 0) is 24.1 Å². The average molecular weight is 267 g/mol. The molecule has 18 heavy (non-hydrogen) atoms. The highest BCUT2D eigenvalue weighted by molar-refractivity contribution is 6.30. The van der Waals surface area contributed by atoms with Gasteiger partial charge in [-0.15, -0.1) is 0 Å². The van der Waals surface area contributed by atoms with Gasteiger partial charge in [-0.2, -0.15) is 0 Å². The Balaban J connectivity index is 1.83. The van der Waals surface area contributed by atoms with Crippen LogP contribution in [0, 0.1) is 0 Å². The number of benzene rings is 1. The maximum Gasteiger partial charge on any atom is 0.224 e. The van der Waals surface area contributed by atoms with E-state index in [2.05, 4.69) is 10.6 Å². The van der Waals surface area contributed by atoms with Gasteiger partial charge in [0.25, 0.3) is 0 Å². The lowest BCUT2D eigenvalue weighted by atomic mass is 10.1. The molecule has 1 atom stereocenters. The highest BCUT2D eigenvalue weighted by Gasteiger charge is 2.19. The zero-order valence-electron chi connectivity index (χ0n) is 9.91. The zero-order chi connectivity index (χ0) is 13.0. The first-order valence-corrected chi connectivity index (χ1v) is 6.32. The third-order valence-corrected chi connectivity index (χ3v) is 3.12. The topological polar surface area (TPSA) is 58.2 Å². The minimum atomic E-state index is -0.0431. The third-order valence-electron chi connectivity index (χ3n) is 2.88. The molecule has 0 aliphatic carbocycles. The van der Waals surface area contributed by atoms with Crippen LogP contribution in [0.25, 0.3) is 0 Å². The van der Waals surface area contributed by atoms with E-state index >= 15 is 0 Å². The van der Waals surface area contributed by atoms with Crippen molar-refractivity contribution in [3.63, 3.8) is 0 Å². The van der Waals surface area contributed by atoms with E-state index in [0.717, 1.165) is 5.56 Å². The first kappa shape index (κ1) is 12.9. The normalized spacial score (nSPS) is 19.2. The molecule has 1 unspecified atom stereocenters. The van der Waals surface area contributed by atoms with Crippen LogP contribution in [0.5, 0.6) is 0 Å². The van der Waals surface area contributed by atoms with Crippen LogP contribution in [0.3, 0.4) is 0 Å². The van der Waals surface area contributed by atoms with Gasteiger partial charge in [0.15, 0.2) is 0 Å². The average Bonchev–Trinajstić information content (AvgIpc) is 2.32. The molecule has 2 rings (SSSR count). The van der Waals surface area contributed by atoms with Crippen molar-refractivity contribution in [1.29, 1.82) is 0 Å². The fourth-order valence-corrected chi connectivity index (χ4v) is 2.18. The van der Waals surface area contributed by atoms with Gasteiger partial charge in [-0.3, -0.25) is 9.59 Å². The first-order valence-electron chi connectivity index (χ1n) is 5.94. The number of hydrogen-bond donors (Lipinski definition) is 2. The molecule has 1 aromatic rings. The fraction of sp³-hybridized carbons (Fsp3) is 0.385. The van der Waals surface area contributed by atoms with Gasteiger partial charge in [0.05, 0.1) is 6.42 Å². The number of piperidine rings is 1. The largest absolute Gasteiger partial charge is 0.354 e. The molecule has 1 fully saturated rings. The van der Waals surface area contributed by atoms with Crippen LogP contribution in [-0.2, 0) is 16.0 Å². The Kier molecular flexibility index (Phi) is 4.20. The van der Waals surface area contributed by atoms with E-state index in [0.29, 0.717) is 30.8 Å². The van der Waals surface area contributed by atoms with Crippen LogP contribution in [0.1, 0.15) is 18.4 Å². The Bertz CT molecular complexity index is 452. The molecule has 1 aliphatic rings. The second-order valence-electron chi connectivity index (χ2n) is 4.41. The number of amides is 2. The lowest BCUT2D eigenvalue weighted by Gasteiger charge is -2.23. The molecule has 1 saturated heterocycles. The molecule has 0 aromatic heterocycles. The molecule has 96 valence electrons. The number of rotatable bonds is 3. The van der Waals surface area contributed by atoms with E-state index in [-0.39, 0.29) is 17.9 Å². The van der Waals surface area contributed by atoms with Crippen LogP contribution < -0.4 is 10.6 Å². The standard InChI is InChI=1S/C13H15ClN2O2/c14-10-3-1-2-9(6-10)7-13(18)16-11-4-5-12(17)15-8-11/h1-3,6,11H,4-5,7-8H2,(H,15,17)(H,16,18). The van der Waals surface area contributed by atoms with Crippen molar-refractivity contribution < 1.29 is 9.59 Å². The lowest BCUT2D eigenvalue weighted by Crippen LogP contribution is -2.48. The molecule has 0 saturated carbocycles. The van der Waals surface area contributed by atoms with Crippen LogP contribution in [0.15, 0.2) is 24.3 Å². The number of halogens is 1. The van der Waals surface area contributed by atoms with Crippen molar-refractivity contribution in [2.45, 2.75) is 25.3 Å². The molecule has 0 radical (unpaired) electrons. The van der Waals surface area contributed by atoms with Crippen LogP contribution in [-0.4, -0.2) is 24.4 Å². The summed E-state index contributed by atoms with van der Waals surface area (Å²) in [7, 11) is 0. The molecule has 2 N–H and O–H groups in total. The summed E-state index contributed by atoms with van der Waals surface area (Å²) < 4.78 is 0. The Morgan fingerprint density at radius 2 is 2.33 bits per heavy atom. The smallest absolute Gasteiger partial charge is 0.224 e. The highest BCUT2D eigenvalue weighted by atomic mass is 35.5. The molecule has 4 nitrogen and oxygen atoms in total. The number of hydrogen-bond acceptors (Lipinski definition) is 2. The van der Waals surface area contributed by atoms with E-state index < -0.39 is 0 Å². The van der Waals surface area contributed by atoms with Gasteiger partial charge in [-0.1, -0.05) is 23.7 Å². The highest BCUT2D eigenvalue weighted by Crippen LogP contribution is 2.11. The van der Waals surface area contributed by atoms with Crippen molar-refractivity contribution in [2.24, 2.45) is 0 Å². The van der Waals surface area contributed by atoms with Crippen molar-refractivity contribution in [1.82, 2.24) is 10.6 Å². The predicted molar refractivity (Wildman–Crippen MR) is 69.3 cm³/mol. The summed E-state index contributed by atoms with van der Waals surface area (Å²) in [5.74, 6) is 0.00811. The Morgan fingerprint density at radius 1 is 1.50 bits per heavy atom. The summed E-state index contributed by atoms with van der Waals surface area (Å²) in [5.41, 5.74) is 0.889. The molecule has 1 heterocycles. The number of carbonyl (C=O) groups excluding carboxylic acids is 2. The van der Waals surface area contributed by atoms with E-state index in [1.807, 2.05) is 12.1 Å². The monoisotopic (exact) mass is 266 g/mol. The summed E-state index contributed by atoms with van der Waals surface area (Å²) in [5, 5.41) is 6.28. The quantitative estimate of drug-likeness (QED) is 0.866. The van der Waals surface area contributed by atoms with Gasteiger partial charge in [0.2, 0.25) is 11.8 Å². The Hall–Kier alpha value is -1.55. The molecule has 2 amide bonds. The summed E-state index contributed by atoms with van der Waals surface area (Å²) in [4.78, 5) is 22.8. The maximum atomic E-state index is 11.8. The summed E-state index contributed by atoms with van der Waals surface area (Å²) >= 11 is 5.86. The van der Waals surface area contributed by atoms with Crippen LogP contribution in [0.4, 0.5) is 0 Å². The van der Waals surface area contributed by atoms with Gasteiger partial charge in [-0.25, -0.2) is 0 Å². The summed E-state index contributed by atoms with van der Waals surface area (Å²) in [6.07, 6.45) is 1.49. The SMILES string of the molecule is O=C1CCC(NC(=O)Cc2cccc(Cl)c2)CN1. The minimum Gasteiger partial charge on any atom is -0.354 e. The van der Waals surface area contributed by atoms with E-state index in [4.69, 9.17) is 11.6 Å². The fourth-order valence-electron chi connectivity index (χ4n) is 1.97. The van der Waals surface area contributed by atoms with Gasteiger partial charge in [0.1, 0.15) is 0 Å². The zero-order valence-corrected chi connectivity index (χ0v) is 10.7. The van der Waals surface area contributed by atoms with Crippen LogP contribution in [0.2, 0.25) is 5.02 Å². The third kappa shape index (κ3) is 3.74. The van der Waals surface area contributed by atoms with Crippen molar-refractivity contribution in [3.8, 4) is 0 Å². The van der Waals surface area contributed by atoms with Crippen molar-refractivity contribution >= 4 is 23.4 Å². The summed E-state index contributed by atoms with van der Waals surface area (Å²) in [6.45, 7) is 0.514. The Morgan fingerprint density at radius 3 is 3.00 bits per heavy atom. The molecule has 0 bridgehead atoms. The van der Waals surface area contributed by atoms with Gasteiger partial charge in [0, 0.05) is 24.0 Å². The van der Waals surface area contributed by atoms with Crippen molar-refractivity contribution in [2.75, 3.05) is 6.54 Å². The molecule has 0 spiro atoms. The molecule has 1 aromatic carbocycles. The molecular weight excluding hydrogens is 252 g/mol. The second kappa shape index (κ2) is 5.87. The first-order chi connectivity index (χ1) is 8.63. The molecular formula is C13H15ClN2O2. The minimum absolute atomic E-state index is 0.0365.